The molecule has 1 aliphatic heterocycles. The second kappa shape index (κ2) is 5.19. The van der Waals surface area contributed by atoms with E-state index in [1.54, 1.807) is 0 Å². The summed E-state index contributed by atoms with van der Waals surface area (Å²) in [6.45, 7) is 3.11. The maximum absolute atomic E-state index is 14.8. The van der Waals surface area contributed by atoms with Crippen molar-refractivity contribution in [2.45, 2.75) is 18.9 Å². The Morgan fingerprint density at radius 1 is 1.04 bits per heavy atom. The molecule has 5 rings (SSSR count). The minimum absolute atomic E-state index is 0.259. The summed E-state index contributed by atoms with van der Waals surface area (Å²) in [5.41, 5.74) is 1.42. The smallest absolute Gasteiger partial charge is 0.334 e. The van der Waals surface area contributed by atoms with Crippen molar-refractivity contribution in [2.24, 2.45) is 0 Å². The molecule has 0 bridgehead atoms. The Kier molecular flexibility index (Phi) is 3.05. The van der Waals surface area contributed by atoms with Gasteiger partial charge in [0.1, 0.15) is 11.5 Å². The molecule has 0 amide bonds. The fourth-order valence-electron chi connectivity index (χ4n) is 3.79. The van der Waals surface area contributed by atoms with Crippen LogP contribution in [0.25, 0.3) is 16.7 Å². The van der Waals surface area contributed by atoms with E-state index in [0.717, 1.165) is 44.5 Å². The zero-order valence-electron chi connectivity index (χ0n) is 13.6. The van der Waals surface area contributed by atoms with Gasteiger partial charge >= 0.3 is 5.69 Å². The van der Waals surface area contributed by atoms with Crippen molar-refractivity contribution in [1.29, 1.82) is 0 Å². The summed E-state index contributed by atoms with van der Waals surface area (Å²) >= 11 is 0. The van der Waals surface area contributed by atoms with E-state index >= 15 is 0 Å². The zero-order valence-corrected chi connectivity index (χ0v) is 13.6. The summed E-state index contributed by atoms with van der Waals surface area (Å²) in [6, 6.07) is 4.92. The van der Waals surface area contributed by atoms with Crippen molar-refractivity contribution in [2.75, 3.05) is 31.1 Å². The van der Waals surface area contributed by atoms with Crippen LogP contribution in [-0.2, 0) is 0 Å². The Morgan fingerprint density at radius 3 is 2.52 bits per heavy atom. The van der Waals surface area contributed by atoms with Gasteiger partial charge in [-0.3, -0.25) is 9.78 Å². The van der Waals surface area contributed by atoms with Crippen LogP contribution < -0.4 is 21.5 Å². The number of hydrogen-bond donors (Lipinski definition) is 2. The number of anilines is 1. The maximum atomic E-state index is 14.8. The SMILES string of the molecule is O=c1cc2n(C3CC3)c3cc(N4CCNCC4)c(F)cc3n2c(=O)[nH]1. The lowest BCUT2D eigenvalue weighted by Gasteiger charge is -2.29. The Balaban J connectivity index is 1.85. The van der Waals surface area contributed by atoms with E-state index in [1.165, 1.54) is 16.5 Å². The highest BCUT2D eigenvalue weighted by molar-refractivity contribution is 5.85. The molecule has 3 heterocycles. The summed E-state index contributed by atoms with van der Waals surface area (Å²) in [5, 5.41) is 3.26. The molecule has 25 heavy (non-hydrogen) atoms. The van der Waals surface area contributed by atoms with Crippen LogP contribution in [0.1, 0.15) is 18.9 Å². The van der Waals surface area contributed by atoms with Crippen LogP contribution in [0.2, 0.25) is 0 Å². The lowest BCUT2D eigenvalue weighted by Crippen LogP contribution is -2.43. The number of H-pyrrole nitrogens is 1. The van der Waals surface area contributed by atoms with Gasteiger partial charge in [0.15, 0.2) is 0 Å². The molecule has 1 saturated heterocycles. The van der Waals surface area contributed by atoms with E-state index in [9.17, 15) is 14.0 Å². The van der Waals surface area contributed by atoms with Crippen molar-refractivity contribution in [3.8, 4) is 0 Å². The first-order chi connectivity index (χ1) is 12.1. The summed E-state index contributed by atoms with van der Waals surface area (Å²) in [5.74, 6) is -0.345. The topological polar surface area (TPSA) is 74.5 Å². The molecule has 2 fully saturated rings. The molecule has 1 saturated carbocycles. The lowest BCUT2D eigenvalue weighted by molar-refractivity contribution is 0.567. The minimum atomic E-state index is -0.527. The van der Waals surface area contributed by atoms with E-state index < -0.39 is 11.2 Å². The maximum Gasteiger partial charge on any atom is 0.334 e. The molecule has 0 atom stereocenters. The van der Waals surface area contributed by atoms with Crippen LogP contribution in [0.5, 0.6) is 0 Å². The Labute approximate surface area is 141 Å². The third kappa shape index (κ3) is 2.21. The van der Waals surface area contributed by atoms with E-state index in [2.05, 4.69) is 10.3 Å². The molecule has 0 radical (unpaired) electrons. The number of benzene rings is 1. The summed E-state index contributed by atoms with van der Waals surface area (Å²) in [6.07, 6.45) is 2.00. The van der Waals surface area contributed by atoms with Gasteiger partial charge in [0.05, 0.1) is 16.7 Å². The molecule has 3 aromatic rings. The molecule has 2 aliphatic rings. The first-order valence-electron chi connectivity index (χ1n) is 8.59. The highest BCUT2D eigenvalue weighted by Crippen LogP contribution is 2.40. The second-order valence-corrected chi connectivity index (χ2v) is 6.76. The molecule has 1 aromatic carbocycles. The Hall–Kier alpha value is -2.61. The van der Waals surface area contributed by atoms with E-state index in [0.29, 0.717) is 16.9 Å². The number of hydrogen-bond acceptors (Lipinski definition) is 4. The number of rotatable bonds is 2. The zero-order chi connectivity index (χ0) is 17.1. The van der Waals surface area contributed by atoms with Gasteiger partial charge in [0.25, 0.3) is 5.56 Å². The lowest BCUT2D eigenvalue weighted by atomic mass is 10.2. The van der Waals surface area contributed by atoms with Gasteiger partial charge in [-0.05, 0) is 18.9 Å². The van der Waals surface area contributed by atoms with Gasteiger partial charge in [-0.15, -0.1) is 0 Å². The molecule has 7 nitrogen and oxygen atoms in total. The summed E-state index contributed by atoms with van der Waals surface area (Å²) < 4.78 is 18.2. The van der Waals surface area contributed by atoms with Crippen molar-refractivity contribution in [1.82, 2.24) is 19.3 Å². The predicted octanol–water partition coefficient (Wildman–Crippen LogP) is 0.826. The third-order valence-corrected chi connectivity index (χ3v) is 5.08. The number of fused-ring (bicyclic) bond motifs is 3. The number of nitrogens with one attached hydrogen (secondary N) is 2. The molecule has 0 unspecified atom stereocenters. The standard InChI is InChI=1S/C17H18FN5O2/c18-11-7-13-14(8-12(11)21-5-3-19-4-6-21)22(10-1-2-10)16-9-15(24)20-17(25)23(13)16/h7-10,19H,1-6H2,(H,20,24,25). The van der Waals surface area contributed by atoms with Gasteiger partial charge in [0.2, 0.25) is 0 Å². The van der Waals surface area contributed by atoms with Crippen molar-refractivity contribution in [3.05, 3.63) is 44.9 Å². The molecule has 1 aliphatic carbocycles. The molecular weight excluding hydrogens is 325 g/mol. The number of piperazine rings is 1. The average Bonchev–Trinajstić information content (AvgIpc) is 3.37. The van der Waals surface area contributed by atoms with Crippen molar-refractivity contribution < 1.29 is 4.39 Å². The Morgan fingerprint density at radius 2 is 1.80 bits per heavy atom. The van der Waals surface area contributed by atoms with Crippen LogP contribution in [0.3, 0.4) is 0 Å². The van der Waals surface area contributed by atoms with Crippen molar-refractivity contribution in [3.63, 3.8) is 0 Å². The van der Waals surface area contributed by atoms with Crippen LogP contribution in [0.4, 0.5) is 10.1 Å². The molecular formula is C17H18FN5O2. The fourth-order valence-corrected chi connectivity index (χ4v) is 3.79. The fraction of sp³-hybridized carbons (Fsp3) is 0.412. The molecule has 8 heteroatoms. The normalized spacial score (nSPS) is 18.4. The Bertz CT molecular complexity index is 1100. The van der Waals surface area contributed by atoms with Gasteiger partial charge in [0, 0.05) is 44.4 Å². The van der Waals surface area contributed by atoms with Gasteiger partial charge in [-0.2, -0.15) is 0 Å². The first kappa shape index (κ1) is 14.7. The first-order valence-corrected chi connectivity index (χ1v) is 8.59. The van der Waals surface area contributed by atoms with Crippen LogP contribution in [-0.4, -0.2) is 40.1 Å². The van der Waals surface area contributed by atoms with Gasteiger partial charge < -0.3 is 14.8 Å². The number of imidazole rings is 1. The number of aromatic amines is 1. The number of halogens is 1. The quantitative estimate of drug-likeness (QED) is 0.723. The predicted molar refractivity (Wildman–Crippen MR) is 93.1 cm³/mol. The van der Waals surface area contributed by atoms with Crippen molar-refractivity contribution >= 4 is 22.4 Å². The second-order valence-electron chi connectivity index (χ2n) is 6.76. The summed E-state index contributed by atoms with van der Waals surface area (Å²) in [7, 11) is 0. The monoisotopic (exact) mass is 343 g/mol. The summed E-state index contributed by atoms with van der Waals surface area (Å²) in [4.78, 5) is 28.4. The van der Waals surface area contributed by atoms with E-state index in [-0.39, 0.29) is 11.9 Å². The minimum Gasteiger partial charge on any atom is -0.367 e. The van der Waals surface area contributed by atoms with Crippen LogP contribution >= 0.6 is 0 Å². The van der Waals surface area contributed by atoms with E-state index in [1.807, 2.05) is 15.5 Å². The average molecular weight is 343 g/mol. The van der Waals surface area contributed by atoms with Gasteiger partial charge in [-0.25, -0.2) is 13.6 Å². The molecule has 0 spiro atoms. The molecule has 130 valence electrons. The van der Waals surface area contributed by atoms with Gasteiger partial charge in [-0.1, -0.05) is 0 Å². The number of nitrogens with zero attached hydrogens (tertiary/aromatic N) is 3. The third-order valence-electron chi connectivity index (χ3n) is 5.08. The highest BCUT2D eigenvalue weighted by Gasteiger charge is 2.29. The van der Waals surface area contributed by atoms with E-state index in [4.69, 9.17) is 0 Å². The van der Waals surface area contributed by atoms with Crippen LogP contribution in [0, 0.1) is 5.82 Å². The highest BCUT2D eigenvalue weighted by atomic mass is 19.1. The molecule has 2 N–H and O–H groups in total. The number of aromatic nitrogens is 3. The van der Waals surface area contributed by atoms with Crippen LogP contribution in [0.15, 0.2) is 27.8 Å². The largest absolute Gasteiger partial charge is 0.367 e. The molecule has 2 aromatic heterocycles.